The van der Waals surface area contributed by atoms with Crippen molar-refractivity contribution in [3.8, 4) is 17.0 Å². The maximum atomic E-state index is 11.9. The summed E-state index contributed by atoms with van der Waals surface area (Å²) in [6, 6.07) is 8.96. The van der Waals surface area contributed by atoms with Crippen molar-refractivity contribution in [3.05, 3.63) is 59.0 Å². The number of nitrogens with zero attached hydrogens (tertiary/aromatic N) is 4. The zero-order chi connectivity index (χ0) is 20.6. The lowest BCUT2D eigenvalue weighted by molar-refractivity contribution is -0.135. The predicted octanol–water partition coefficient (Wildman–Crippen LogP) is 2.05. The Morgan fingerprint density at radius 2 is 1.97 bits per heavy atom. The number of nitrogens with one attached hydrogen (secondary N) is 1. The molecule has 29 heavy (non-hydrogen) atoms. The van der Waals surface area contributed by atoms with Crippen LogP contribution in [-0.4, -0.2) is 48.6 Å². The van der Waals surface area contributed by atoms with Crippen LogP contribution in [0.25, 0.3) is 11.3 Å². The number of benzene rings is 1. The highest BCUT2D eigenvalue weighted by atomic mass is 35.5. The molecular weight excluding hydrogens is 398 g/mol. The summed E-state index contributed by atoms with van der Waals surface area (Å²) in [5.41, 5.74) is 1.54. The molecule has 1 fully saturated rings. The Morgan fingerprint density at radius 1 is 1.24 bits per heavy atom. The zero-order valence-electron chi connectivity index (χ0n) is 15.0. The van der Waals surface area contributed by atoms with Gasteiger partial charge in [0.1, 0.15) is 18.0 Å². The van der Waals surface area contributed by atoms with Gasteiger partial charge in [0.15, 0.2) is 5.69 Å². The van der Waals surface area contributed by atoms with Crippen molar-refractivity contribution in [2.24, 2.45) is 0 Å². The SMILES string of the molecule is O=C(O)CNC(=O)c1ncc(-c2cn(C3(c4ccc(Cl)cc4)CC3)nn2)cc1O. The first-order chi connectivity index (χ1) is 13.9. The molecule has 0 unspecified atom stereocenters. The van der Waals surface area contributed by atoms with E-state index in [2.05, 4.69) is 20.6 Å². The van der Waals surface area contributed by atoms with Crippen LogP contribution in [0.15, 0.2) is 42.7 Å². The zero-order valence-corrected chi connectivity index (χ0v) is 15.8. The molecule has 2 heterocycles. The van der Waals surface area contributed by atoms with Gasteiger partial charge in [-0.3, -0.25) is 9.59 Å². The molecule has 3 aromatic rings. The minimum atomic E-state index is -1.19. The number of aliphatic carboxylic acids is 1. The second-order valence-electron chi connectivity index (χ2n) is 6.75. The molecule has 2 aromatic heterocycles. The highest BCUT2D eigenvalue weighted by Gasteiger charge is 2.47. The van der Waals surface area contributed by atoms with Crippen LogP contribution >= 0.6 is 11.6 Å². The molecule has 1 saturated carbocycles. The Labute approximate surface area is 170 Å². The van der Waals surface area contributed by atoms with Crippen LogP contribution in [0.3, 0.4) is 0 Å². The number of hydrogen-bond donors (Lipinski definition) is 3. The molecule has 0 saturated heterocycles. The third-order valence-corrected chi connectivity index (χ3v) is 5.07. The number of aromatic nitrogens is 4. The van der Waals surface area contributed by atoms with Gasteiger partial charge in [-0.2, -0.15) is 0 Å². The molecule has 0 aliphatic heterocycles. The predicted molar refractivity (Wildman–Crippen MR) is 103 cm³/mol. The second kappa shape index (κ2) is 7.17. The maximum Gasteiger partial charge on any atom is 0.322 e. The number of carbonyl (C=O) groups is 2. The Balaban J connectivity index is 1.57. The summed E-state index contributed by atoms with van der Waals surface area (Å²) in [4.78, 5) is 26.4. The summed E-state index contributed by atoms with van der Waals surface area (Å²) in [5.74, 6) is -2.35. The van der Waals surface area contributed by atoms with E-state index in [9.17, 15) is 14.7 Å². The van der Waals surface area contributed by atoms with Crippen LogP contribution in [0.4, 0.5) is 0 Å². The van der Waals surface area contributed by atoms with Gasteiger partial charge in [-0.15, -0.1) is 5.10 Å². The van der Waals surface area contributed by atoms with Crippen LogP contribution < -0.4 is 5.32 Å². The normalized spacial score (nSPS) is 14.4. The minimum Gasteiger partial charge on any atom is -0.505 e. The number of carboxylic acid groups (broad SMARTS) is 1. The van der Waals surface area contributed by atoms with Crippen LogP contribution in [0.5, 0.6) is 5.75 Å². The van der Waals surface area contributed by atoms with Gasteiger partial charge in [-0.25, -0.2) is 9.67 Å². The average Bonchev–Trinajstić information content (AvgIpc) is 3.35. The van der Waals surface area contributed by atoms with Gasteiger partial charge in [-0.05, 0) is 36.6 Å². The molecule has 4 rings (SSSR count). The third kappa shape index (κ3) is 3.64. The van der Waals surface area contributed by atoms with Crippen molar-refractivity contribution in [2.75, 3.05) is 6.54 Å². The molecular formula is C19H16ClN5O4. The molecule has 0 atom stereocenters. The molecule has 148 valence electrons. The van der Waals surface area contributed by atoms with E-state index < -0.39 is 18.4 Å². The highest BCUT2D eigenvalue weighted by Crippen LogP contribution is 2.49. The van der Waals surface area contributed by atoms with E-state index >= 15 is 0 Å². The van der Waals surface area contributed by atoms with E-state index in [0.717, 1.165) is 18.4 Å². The van der Waals surface area contributed by atoms with Gasteiger partial charge in [0.2, 0.25) is 0 Å². The number of carboxylic acids is 1. The fraction of sp³-hybridized carbons (Fsp3) is 0.211. The number of carbonyl (C=O) groups excluding carboxylic acids is 1. The van der Waals surface area contributed by atoms with Gasteiger partial charge < -0.3 is 15.5 Å². The molecule has 9 nitrogen and oxygen atoms in total. The summed E-state index contributed by atoms with van der Waals surface area (Å²) < 4.78 is 1.79. The van der Waals surface area contributed by atoms with Gasteiger partial charge in [0.25, 0.3) is 5.91 Å². The Morgan fingerprint density at radius 3 is 2.59 bits per heavy atom. The van der Waals surface area contributed by atoms with Crippen LogP contribution in [0.2, 0.25) is 5.02 Å². The van der Waals surface area contributed by atoms with Gasteiger partial charge in [-0.1, -0.05) is 28.9 Å². The smallest absolute Gasteiger partial charge is 0.322 e. The molecule has 10 heteroatoms. The van der Waals surface area contributed by atoms with Crippen molar-refractivity contribution in [2.45, 2.75) is 18.4 Å². The molecule has 0 radical (unpaired) electrons. The lowest BCUT2D eigenvalue weighted by Gasteiger charge is -2.15. The van der Waals surface area contributed by atoms with E-state index in [-0.39, 0.29) is 17.0 Å². The number of rotatable bonds is 6. The highest BCUT2D eigenvalue weighted by molar-refractivity contribution is 6.30. The van der Waals surface area contributed by atoms with Crippen molar-refractivity contribution in [1.82, 2.24) is 25.3 Å². The van der Waals surface area contributed by atoms with Crippen molar-refractivity contribution >= 4 is 23.5 Å². The van der Waals surface area contributed by atoms with Gasteiger partial charge in [0, 0.05) is 16.8 Å². The van der Waals surface area contributed by atoms with Gasteiger partial charge in [0.05, 0.1) is 11.7 Å². The Hall–Kier alpha value is -3.46. The molecule has 3 N–H and O–H groups in total. The monoisotopic (exact) mass is 413 g/mol. The first kappa shape index (κ1) is 18.9. The summed E-state index contributed by atoms with van der Waals surface area (Å²) in [6.45, 7) is -0.567. The Kier molecular flexibility index (Phi) is 4.67. The van der Waals surface area contributed by atoms with Crippen molar-refractivity contribution in [1.29, 1.82) is 0 Å². The maximum absolute atomic E-state index is 11.9. The number of pyridine rings is 1. The number of hydrogen-bond acceptors (Lipinski definition) is 6. The largest absolute Gasteiger partial charge is 0.505 e. The fourth-order valence-electron chi connectivity index (χ4n) is 3.14. The van der Waals surface area contributed by atoms with E-state index in [1.54, 1.807) is 10.9 Å². The van der Waals surface area contributed by atoms with E-state index in [4.69, 9.17) is 16.7 Å². The van der Waals surface area contributed by atoms with Crippen LogP contribution in [0.1, 0.15) is 28.9 Å². The van der Waals surface area contributed by atoms with Gasteiger partial charge >= 0.3 is 5.97 Å². The lowest BCUT2D eigenvalue weighted by Crippen LogP contribution is -2.29. The number of amides is 1. The molecule has 1 aliphatic rings. The van der Waals surface area contributed by atoms with Crippen LogP contribution in [-0.2, 0) is 10.3 Å². The number of halogens is 1. The summed E-state index contributed by atoms with van der Waals surface area (Å²) in [7, 11) is 0. The molecule has 0 bridgehead atoms. The first-order valence-electron chi connectivity index (χ1n) is 8.77. The van der Waals surface area contributed by atoms with E-state index in [1.807, 2.05) is 24.3 Å². The quantitative estimate of drug-likeness (QED) is 0.563. The summed E-state index contributed by atoms with van der Waals surface area (Å²) >= 11 is 5.97. The average molecular weight is 414 g/mol. The molecule has 1 amide bonds. The topological polar surface area (TPSA) is 130 Å². The molecule has 1 aromatic carbocycles. The van der Waals surface area contributed by atoms with Crippen molar-refractivity contribution in [3.63, 3.8) is 0 Å². The standard InChI is InChI=1S/C19H16ClN5O4/c20-13-3-1-12(2-4-13)19(5-6-19)25-10-14(23-24-25)11-7-15(26)17(21-8-11)18(29)22-9-16(27)28/h1-4,7-8,10,26H,5-6,9H2,(H,22,29)(H,27,28). The van der Waals surface area contributed by atoms with Crippen LogP contribution in [0, 0.1) is 0 Å². The summed E-state index contributed by atoms with van der Waals surface area (Å²) in [5, 5.41) is 30.0. The molecule has 0 spiro atoms. The number of aromatic hydroxyl groups is 1. The van der Waals surface area contributed by atoms with E-state index in [0.29, 0.717) is 16.3 Å². The second-order valence-corrected chi connectivity index (χ2v) is 7.19. The fourth-order valence-corrected chi connectivity index (χ4v) is 3.27. The molecule has 1 aliphatic carbocycles. The third-order valence-electron chi connectivity index (χ3n) is 4.82. The summed E-state index contributed by atoms with van der Waals surface area (Å²) in [6.07, 6.45) is 4.99. The van der Waals surface area contributed by atoms with E-state index in [1.165, 1.54) is 12.3 Å². The minimum absolute atomic E-state index is 0.262. The first-order valence-corrected chi connectivity index (χ1v) is 9.15. The lowest BCUT2D eigenvalue weighted by atomic mass is 10.1. The Bertz CT molecular complexity index is 1090. The van der Waals surface area contributed by atoms with Crippen molar-refractivity contribution < 1.29 is 19.8 Å².